The summed E-state index contributed by atoms with van der Waals surface area (Å²) in [6.07, 6.45) is 1.55. The molecule has 0 bridgehead atoms. The van der Waals surface area contributed by atoms with Crippen LogP contribution in [0.15, 0.2) is 0 Å². The number of carboxylic acids is 1. The third-order valence-corrected chi connectivity index (χ3v) is 2.96. The minimum absolute atomic E-state index is 0.307. The summed E-state index contributed by atoms with van der Waals surface area (Å²) >= 11 is 0. The molecule has 1 aliphatic rings. The van der Waals surface area contributed by atoms with E-state index in [1.54, 1.807) is 7.05 Å². The molecule has 0 aromatic rings. The van der Waals surface area contributed by atoms with Gasteiger partial charge in [-0.25, -0.2) is 0 Å². The largest absolute Gasteiger partial charge is 0.481 e. The minimum atomic E-state index is -1.05. The van der Waals surface area contributed by atoms with E-state index >= 15 is 0 Å². The molecule has 1 rings (SSSR count). The van der Waals surface area contributed by atoms with Crippen molar-refractivity contribution in [1.29, 1.82) is 0 Å². The van der Waals surface area contributed by atoms with E-state index in [1.807, 2.05) is 0 Å². The van der Waals surface area contributed by atoms with Gasteiger partial charge in [0, 0.05) is 26.8 Å². The van der Waals surface area contributed by atoms with E-state index in [0.717, 1.165) is 26.1 Å². The highest BCUT2D eigenvalue weighted by Crippen LogP contribution is 2.15. The van der Waals surface area contributed by atoms with E-state index in [9.17, 15) is 9.59 Å². The molecule has 6 heteroatoms. The van der Waals surface area contributed by atoms with E-state index in [-0.39, 0.29) is 12.3 Å². The van der Waals surface area contributed by atoms with Crippen LogP contribution in [0.5, 0.6) is 0 Å². The van der Waals surface area contributed by atoms with Crippen LogP contribution in [0.4, 0.5) is 0 Å². The van der Waals surface area contributed by atoms with Crippen LogP contribution in [0, 0.1) is 5.92 Å². The zero-order chi connectivity index (χ0) is 12.8. The Morgan fingerprint density at radius 3 is 2.59 bits per heavy atom. The van der Waals surface area contributed by atoms with E-state index < -0.39 is 12.0 Å². The molecule has 98 valence electrons. The molecule has 0 aromatic carbocycles. The molecule has 1 heterocycles. The molecule has 1 atom stereocenters. The van der Waals surface area contributed by atoms with Gasteiger partial charge < -0.3 is 20.5 Å². The third-order valence-electron chi connectivity index (χ3n) is 2.96. The van der Waals surface area contributed by atoms with Gasteiger partial charge in [-0.1, -0.05) is 0 Å². The lowest BCUT2D eigenvalue weighted by Gasteiger charge is -2.28. The van der Waals surface area contributed by atoms with Gasteiger partial charge in [-0.3, -0.25) is 9.59 Å². The van der Waals surface area contributed by atoms with Crippen molar-refractivity contribution in [2.24, 2.45) is 11.7 Å². The summed E-state index contributed by atoms with van der Waals surface area (Å²) in [6.45, 7) is 2.08. The fourth-order valence-electron chi connectivity index (χ4n) is 1.96. The van der Waals surface area contributed by atoms with Crippen molar-refractivity contribution in [2.45, 2.75) is 25.3 Å². The SMILES string of the molecule is CN(CC1CCOCC1)C(=O)C(N)CC(=O)O. The monoisotopic (exact) mass is 244 g/mol. The summed E-state index contributed by atoms with van der Waals surface area (Å²) in [5.74, 6) is -0.932. The van der Waals surface area contributed by atoms with Gasteiger partial charge in [0.2, 0.25) is 5.91 Å². The standard InChI is InChI=1S/C11H20N2O4/c1-13(7-8-2-4-17-5-3-8)11(16)9(12)6-10(14)15/h8-9H,2-7,12H2,1H3,(H,14,15). The number of likely N-dealkylation sites (N-methyl/N-ethyl adjacent to an activating group) is 1. The van der Waals surface area contributed by atoms with Gasteiger partial charge >= 0.3 is 5.97 Å². The second-order valence-electron chi connectivity index (χ2n) is 4.48. The Labute approximate surface area is 101 Å². The third kappa shape index (κ3) is 4.70. The van der Waals surface area contributed by atoms with Crippen molar-refractivity contribution in [2.75, 3.05) is 26.8 Å². The number of nitrogens with zero attached hydrogens (tertiary/aromatic N) is 1. The average molecular weight is 244 g/mol. The van der Waals surface area contributed by atoms with Crippen molar-refractivity contribution in [3.05, 3.63) is 0 Å². The molecule has 0 saturated carbocycles. The number of rotatable bonds is 5. The van der Waals surface area contributed by atoms with Crippen LogP contribution >= 0.6 is 0 Å². The molecule has 3 N–H and O–H groups in total. The van der Waals surface area contributed by atoms with Crippen LogP contribution in [0.1, 0.15) is 19.3 Å². The second kappa shape index (κ2) is 6.56. The molecule has 0 aromatic heterocycles. The van der Waals surface area contributed by atoms with Crippen LogP contribution in [0.25, 0.3) is 0 Å². The molecule has 1 aliphatic heterocycles. The molecule has 0 radical (unpaired) electrons. The fourth-order valence-corrected chi connectivity index (χ4v) is 1.96. The van der Waals surface area contributed by atoms with E-state index in [4.69, 9.17) is 15.6 Å². The summed E-state index contributed by atoms with van der Waals surface area (Å²) in [5.41, 5.74) is 5.53. The maximum Gasteiger partial charge on any atom is 0.305 e. The van der Waals surface area contributed by atoms with Crippen molar-refractivity contribution >= 4 is 11.9 Å². The first kappa shape index (κ1) is 13.9. The Bertz CT molecular complexity index is 277. The minimum Gasteiger partial charge on any atom is -0.481 e. The Kier molecular flexibility index (Phi) is 5.37. The lowest BCUT2D eigenvalue weighted by Crippen LogP contribution is -2.45. The van der Waals surface area contributed by atoms with Crippen molar-refractivity contribution in [3.63, 3.8) is 0 Å². The molecule has 0 spiro atoms. The number of nitrogens with two attached hydrogens (primary N) is 1. The van der Waals surface area contributed by atoms with E-state index in [2.05, 4.69) is 0 Å². The number of carbonyl (C=O) groups is 2. The fraction of sp³-hybridized carbons (Fsp3) is 0.818. The smallest absolute Gasteiger partial charge is 0.305 e. The number of ether oxygens (including phenoxy) is 1. The molecule has 1 saturated heterocycles. The van der Waals surface area contributed by atoms with E-state index in [0.29, 0.717) is 12.5 Å². The summed E-state index contributed by atoms with van der Waals surface area (Å²) in [6, 6.07) is -0.947. The van der Waals surface area contributed by atoms with Crippen LogP contribution in [-0.2, 0) is 14.3 Å². The maximum atomic E-state index is 11.8. The molecule has 0 aliphatic carbocycles. The Morgan fingerprint density at radius 2 is 2.06 bits per heavy atom. The first-order valence-electron chi connectivity index (χ1n) is 5.80. The van der Waals surface area contributed by atoms with Crippen LogP contribution < -0.4 is 5.73 Å². The van der Waals surface area contributed by atoms with Crippen molar-refractivity contribution in [3.8, 4) is 0 Å². The van der Waals surface area contributed by atoms with Gasteiger partial charge in [0.1, 0.15) is 0 Å². The molecule has 1 fully saturated rings. The second-order valence-corrected chi connectivity index (χ2v) is 4.48. The molecule has 6 nitrogen and oxygen atoms in total. The van der Waals surface area contributed by atoms with E-state index in [1.165, 1.54) is 4.90 Å². The van der Waals surface area contributed by atoms with Crippen LogP contribution in [0.2, 0.25) is 0 Å². The Balaban J connectivity index is 2.37. The predicted octanol–water partition coefficient (Wildman–Crippen LogP) is -0.327. The number of hydrogen-bond acceptors (Lipinski definition) is 4. The van der Waals surface area contributed by atoms with Gasteiger partial charge in [0.25, 0.3) is 0 Å². The molecule has 1 amide bonds. The Hall–Kier alpha value is -1.14. The number of amides is 1. The zero-order valence-corrected chi connectivity index (χ0v) is 10.1. The summed E-state index contributed by atoms with van der Waals surface area (Å²) in [4.78, 5) is 23.7. The number of aliphatic carboxylic acids is 1. The summed E-state index contributed by atoms with van der Waals surface area (Å²) in [5, 5.41) is 8.57. The van der Waals surface area contributed by atoms with Crippen LogP contribution in [0.3, 0.4) is 0 Å². The highest BCUT2D eigenvalue weighted by Gasteiger charge is 2.23. The number of carbonyl (C=O) groups excluding carboxylic acids is 1. The normalized spacial score (nSPS) is 18.7. The van der Waals surface area contributed by atoms with Crippen molar-refractivity contribution < 1.29 is 19.4 Å². The Morgan fingerprint density at radius 1 is 1.47 bits per heavy atom. The lowest BCUT2D eigenvalue weighted by molar-refractivity contribution is -0.141. The predicted molar refractivity (Wildman–Crippen MR) is 61.4 cm³/mol. The highest BCUT2D eigenvalue weighted by atomic mass is 16.5. The first-order valence-corrected chi connectivity index (χ1v) is 5.80. The van der Waals surface area contributed by atoms with Gasteiger partial charge in [-0.15, -0.1) is 0 Å². The van der Waals surface area contributed by atoms with Gasteiger partial charge in [-0.2, -0.15) is 0 Å². The zero-order valence-electron chi connectivity index (χ0n) is 10.1. The highest BCUT2D eigenvalue weighted by molar-refractivity contribution is 5.85. The van der Waals surface area contributed by atoms with Gasteiger partial charge in [-0.05, 0) is 18.8 Å². The summed E-state index contributed by atoms with van der Waals surface area (Å²) < 4.78 is 5.24. The van der Waals surface area contributed by atoms with Gasteiger partial charge in [0.05, 0.1) is 12.5 Å². The quantitative estimate of drug-likeness (QED) is 0.691. The average Bonchev–Trinajstić information content (AvgIpc) is 2.28. The summed E-state index contributed by atoms with van der Waals surface area (Å²) in [7, 11) is 1.67. The first-order chi connectivity index (χ1) is 8.00. The molecule has 1 unspecified atom stereocenters. The number of hydrogen-bond donors (Lipinski definition) is 2. The topological polar surface area (TPSA) is 92.9 Å². The molecular formula is C11H20N2O4. The maximum absolute atomic E-state index is 11.8. The lowest BCUT2D eigenvalue weighted by atomic mass is 9.99. The molecule has 17 heavy (non-hydrogen) atoms. The van der Waals surface area contributed by atoms with Crippen molar-refractivity contribution in [1.82, 2.24) is 4.90 Å². The van der Waals surface area contributed by atoms with Gasteiger partial charge in [0.15, 0.2) is 0 Å². The molecular weight excluding hydrogens is 224 g/mol. The number of carboxylic acid groups (broad SMARTS) is 1. The van der Waals surface area contributed by atoms with Crippen LogP contribution in [-0.4, -0.2) is 54.7 Å².